The van der Waals surface area contributed by atoms with Crippen LogP contribution in [0, 0.1) is 0 Å². The van der Waals surface area contributed by atoms with Crippen molar-refractivity contribution in [3.63, 3.8) is 0 Å². The summed E-state index contributed by atoms with van der Waals surface area (Å²) < 4.78 is 28.8. The van der Waals surface area contributed by atoms with Crippen LogP contribution < -0.4 is 10.0 Å². The van der Waals surface area contributed by atoms with Crippen molar-refractivity contribution < 1.29 is 8.42 Å². The molecule has 4 rings (SSSR count). The molecule has 0 spiro atoms. The molecule has 6 nitrogen and oxygen atoms in total. The molecule has 1 aromatic heterocycles. The van der Waals surface area contributed by atoms with Crippen LogP contribution in [0.2, 0.25) is 5.02 Å². The average Bonchev–Trinajstić information content (AvgIpc) is 2.74. The van der Waals surface area contributed by atoms with Gasteiger partial charge in [-0.3, -0.25) is 4.98 Å². The second kappa shape index (κ2) is 8.89. The summed E-state index contributed by atoms with van der Waals surface area (Å²) >= 11 is 6.06. The number of benzene rings is 2. The Morgan fingerprint density at radius 1 is 1.20 bits per heavy atom. The molecule has 158 valence electrons. The van der Waals surface area contributed by atoms with Crippen molar-refractivity contribution in [3.05, 3.63) is 59.8 Å². The van der Waals surface area contributed by atoms with Crippen molar-refractivity contribution in [2.45, 2.75) is 30.7 Å². The number of sulfonamides is 1. The molecule has 3 aromatic rings. The minimum atomic E-state index is -3.60. The molecule has 1 fully saturated rings. The highest BCUT2D eigenvalue weighted by molar-refractivity contribution is 7.89. The van der Waals surface area contributed by atoms with E-state index >= 15 is 0 Å². The molecule has 1 unspecified atom stereocenters. The topological polar surface area (TPSA) is 74.3 Å². The highest BCUT2D eigenvalue weighted by atomic mass is 35.5. The molecule has 1 aliphatic rings. The zero-order valence-corrected chi connectivity index (χ0v) is 18.4. The molecule has 0 saturated carbocycles. The Morgan fingerprint density at radius 2 is 2.07 bits per heavy atom. The first-order valence-electron chi connectivity index (χ1n) is 10.1. The molecule has 1 saturated heterocycles. The van der Waals surface area contributed by atoms with Gasteiger partial charge in [0.25, 0.3) is 0 Å². The van der Waals surface area contributed by atoms with E-state index in [0.29, 0.717) is 10.7 Å². The van der Waals surface area contributed by atoms with Crippen LogP contribution in [0.3, 0.4) is 0 Å². The van der Waals surface area contributed by atoms with Crippen molar-refractivity contribution in [2.24, 2.45) is 0 Å². The van der Waals surface area contributed by atoms with Gasteiger partial charge in [0.05, 0.1) is 10.4 Å². The highest BCUT2D eigenvalue weighted by Crippen LogP contribution is 2.28. The molecule has 0 radical (unpaired) electrons. The first kappa shape index (κ1) is 21.1. The van der Waals surface area contributed by atoms with Gasteiger partial charge in [0.15, 0.2) is 0 Å². The van der Waals surface area contributed by atoms with E-state index in [9.17, 15) is 8.42 Å². The smallest absolute Gasteiger partial charge is 0.240 e. The molecule has 1 atom stereocenters. The molecule has 2 heterocycles. The monoisotopic (exact) mass is 444 g/mol. The number of piperidine rings is 1. The molecule has 0 bridgehead atoms. The second-order valence-electron chi connectivity index (χ2n) is 7.53. The zero-order chi connectivity index (χ0) is 21.1. The van der Waals surface area contributed by atoms with E-state index in [1.54, 1.807) is 30.5 Å². The van der Waals surface area contributed by atoms with Gasteiger partial charge < -0.3 is 10.2 Å². The van der Waals surface area contributed by atoms with Crippen LogP contribution in [-0.4, -0.2) is 44.0 Å². The van der Waals surface area contributed by atoms with Crippen LogP contribution in [0.25, 0.3) is 10.9 Å². The largest absolute Gasteiger partial charge is 0.355 e. The summed E-state index contributed by atoms with van der Waals surface area (Å²) in [7, 11) is -3.60. The lowest BCUT2D eigenvalue weighted by atomic mass is 10.1. The van der Waals surface area contributed by atoms with Gasteiger partial charge in [-0.05, 0) is 68.4 Å². The number of pyridine rings is 1. The molecular formula is C22H25ClN4O2S. The van der Waals surface area contributed by atoms with Gasteiger partial charge in [-0.1, -0.05) is 24.6 Å². The van der Waals surface area contributed by atoms with Gasteiger partial charge in [0.1, 0.15) is 0 Å². The Kier molecular flexibility index (Phi) is 6.24. The fourth-order valence-electron chi connectivity index (χ4n) is 3.85. The summed E-state index contributed by atoms with van der Waals surface area (Å²) in [5.74, 6) is 0. The Hall–Kier alpha value is -2.19. The number of aromatic nitrogens is 1. The number of likely N-dealkylation sites (N-methyl/N-ethyl adjacent to an activating group) is 1. The standard InChI is InChI=1S/C22H25ClN4O2S/c1-2-27-12-4-6-18(15-27)26-30(28,29)19-7-3-5-17(14-19)25-21-10-11-24-22-13-16(23)8-9-20(21)22/h3,5,7-11,13-14,18,26H,2,4,6,12,15H2,1H3,(H,24,25). The predicted octanol–water partition coefficient (Wildman–Crippen LogP) is 4.39. The Balaban J connectivity index is 1.55. The Labute approximate surface area is 182 Å². The fourth-order valence-corrected chi connectivity index (χ4v) is 5.33. The third-order valence-corrected chi connectivity index (χ3v) is 7.16. The lowest BCUT2D eigenvalue weighted by Gasteiger charge is -2.32. The van der Waals surface area contributed by atoms with Gasteiger partial charge >= 0.3 is 0 Å². The first-order chi connectivity index (χ1) is 14.4. The van der Waals surface area contributed by atoms with Crippen LogP contribution in [-0.2, 0) is 10.0 Å². The summed E-state index contributed by atoms with van der Waals surface area (Å²) in [5.41, 5.74) is 2.31. The normalized spacial score (nSPS) is 17.9. The summed E-state index contributed by atoms with van der Waals surface area (Å²) in [6, 6.07) is 14.2. The summed E-state index contributed by atoms with van der Waals surface area (Å²) in [6.07, 6.45) is 3.56. The number of hydrogen-bond donors (Lipinski definition) is 2. The first-order valence-corrected chi connectivity index (χ1v) is 12.0. The molecule has 2 aromatic carbocycles. The summed E-state index contributed by atoms with van der Waals surface area (Å²) in [6.45, 7) is 4.81. The number of fused-ring (bicyclic) bond motifs is 1. The molecule has 30 heavy (non-hydrogen) atoms. The number of halogens is 1. The van der Waals surface area contributed by atoms with Crippen LogP contribution >= 0.6 is 11.6 Å². The third-order valence-electron chi connectivity index (χ3n) is 5.40. The Morgan fingerprint density at radius 3 is 2.90 bits per heavy atom. The van der Waals surface area contributed by atoms with E-state index < -0.39 is 10.0 Å². The number of likely N-dealkylation sites (tertiary alicyclic amines) is 1. The average molecular weight is 445 g/mol. The van der Waals surface area contributed by atoms with Gasteiger partial charge in [-0.25, -0.2) is 13.1 Å². The van der Waals surface area contributed by atoms with Crippen molar-refractivity contribution in [2.75, 3.05) is 25.0 Å². The molecule has 8 heteroatoms. The zero-order valence-electron chi connectivity index (χ0n) is 16.8. The number of nitrogens with zero attached hydrogens (tertiary/aromatic N) is 2. The lowest BCUT2D eigenvalue weighted by Crippen LogP contribution is -2.47. The van der Waals surface area contributed by atoms with Crippen LogP contribution in [0.5, 0.6) is 0 Å². The van der Waals surface area contributed by atoms with E-state index in [2.05, 4.69) is 26.8 Å². The maximum atomic E-state index is 13.0. The van der Waals surface area contributed by atoms with E-state index in [-0.39, 0.29) is 10.9 Å². The fraction of sp³-hybridized carbons (Fsp3) is 0.318. The molecular weight excluding hydrogens is 420 g/mol. The number of anilines is 2. The van der Waals surface area contributed by atoms with Crippen LogP contribution in [0.1, 0.15) is 19.8 Å². The predicted molar refractivity (Wildman–Crippen MR) is 122 cm³/mol. The van der Waals surface area contributed by atoms with Crippen LogP contribution in [0.15, 0.2) is 59.6 Å². The van der Waals surface area contributed by atoms with Gasteiger partial charge in [-0.2, -0.15) is 0 Å². The van der Waals surface area contributed by atoms with E-state index in [1.807, 2.05) is 24.3 Å². The minimum Gasteiger partial charge on any atom is -0.355 e. The van der Waals surface area contributed by atoms with Gasteiger partial charge in [-0.15, -0.1) is 0 Å². The number of hydrogen-bond acceptors (Lipinski definition) is 5. The van der Waals surface area contributed by atoms with Gasteiger partial charge in [0.2, 0.25) is 10.0 Å². The van der Waals surface area contributed by atoms with E-state index in [4.69, 9.17) is 11.6 Å². The van der Waals surface area contributed by atoms with Crippen LogP contribution in [0.4, 0.5) is 11.4 Å². The van der Waals surface area contributed by atoms with E-state index in [0.717, 1.165) is 49.1 Å². The summed E-state index contributed by atoms with van der Waals surface area (Å²) in [4.78, 5) is 6.87. The van der Waals surface area contributed by atoms with Crippen molar-refractivity contribution >= 4 is 43.9 Å². The maximum Gasteiger partial charge on any atom is 0.240 e. The maximum absolute atomic E-state index is 13.0. The molecule has 2 N–H and O–H groups in total. The SMILES string of the molecule is CCN1CCCC(NS(=O)(=O)c2cccc(Nc3ccnc4cc(Cl)ccc34)c2)C1. The third kappa shape index (κ3) is 4.75. The number of nitrogens with one attached hydrogen (secondary N) is 2. The minimum absolute atomic E-state index is 0.0609. The van der Waals surface area contributed by atoms with Crippen molar-refractivity contribution in [1.82, 2.24) is 14.6 Å². The number of rotatable bonds is 6. The summed E-state index contributed by atoms with van der Waals surface area (Å²) in [5, 5.41) is 4.85. The molecule has 0 aliphatic carbocycles. The van der Waals surface area contributed by atoms with E-state index in [1.165, 1.54) is 0 Å². The quantitative estimate of drug-likeness (QED) is 0.589. The van der Waals surface area contributed by atoms with Crippen molar-refractivity contribution in [3.8, 4) is 0 Å². The molecule has 0 amide bonds. The van der Waals surface area contributed by atoms with Crippen molar-refractivity contribution in [1.29, 1.82) is 0 Å². The Bertz CT molecular complexity index is 1150. The van der Waals surface area contributed by atoms with Gasteiger partial charge in [0, 0.05) is 40.6 Å². The molecule has 1 aliphatic heterocycles. The second-order valence-corrected chi connectivity index (χ2v) is 9.68. The lowest BCUT2D eigenvalue weighted by molar-refractivity contribution is 0.211. The highest BCUT2D eigenvalue weighted by Gasteiger charge is 2.24.